The van der Waals surface area contributed by atoms with Crippen LogP contribution in [0.3, 0.4) is 0 Å². The van der Waals surface area contributed by atoms with Gasteiger partial charge in [0.05, 0.1) is 15.4 Å². The Labute approximate surface area is 222 Å². The summed E-state index contributed by atoms with van der Waals surface area (Å²) in [5.41, 5.74) is 1.41. The molecule has 3 rings (SSSR count). The third-order valence-corrected chi connectivity index (χ3v) is 9.85. The van der Waals surface area contributed by atoms with E-state index in [1.54, 1.807) is 0 Å². The third-order valence-electron chi connectivity index (χ3n) is 6.85. The minimum absolute atomic E-state index is 0.00104. The van der Waals surface area contributed by atoms with Gasteiger partial charge >= 0.3 is 0 Å². The van der Waals surface area contributed by atoms with E-state index in [9.17, 15) is 5.11 Å². The monoisotopic (exact) mass is 612 g/mol. The summed E-state index contributed by atoms with van der Waals surface area (Å²) in [6.07, 6.45) is 19.3. The van der Waals surface area contributed by atoms with Crippen LogP contribution in [0.15, 0.2) is 47.8 Å². The molecule has 7 unspecified atom stereocenters. The van der Waals surface area contributed by atoms with E-state index in [2.05, 4.69) is 46.9 Å². The minimum Gasteiger partial charge on any atom is -0.487 e. The van der Waals surface area contributed by atoms with Crippen molar-refractivity contribution in [3.8, 4) is 0 Å². The molecule has 0 aromatic carbocycles. The standard InChI is InChI=1S/C26H36Cl3IO2/c1-16(2)25(31)26(24(30)23-20(27)9-6-10-21(23)28)32-19-14-13-18(22(29)15-19)12-11-17-7-4-3-5-8-17/h4,7-8,13-16,18,20-26,31H,3,5-6,9-12H2,1-2H3/t18?,20-,21?,22?,23?,24?,25?,26?/m0/s1. The zero-order valence-corrected chi connectivity index (χ0v) is 23.4. The number of allylic oxidation sites excluding steroid dienone is 7. The van der Waals surface area contributed by atoms with Crippen LogP contribution in [0.2, 0.25) is 0 Å². The molecule has 0 aromatic heterocycles. The number of hydrogen-bond acceptors (Lipinski definition) is 2. The normalized spacial score (nSPS) is 33.4. The first-order valence-electron chi connectivity index (χ1n) is 11.9. The Hall–Kier alpha value is 0.320. The van der Waals surface area contributed by atoms with E-state index < -0.39 is 12.2 Å². The summed E-state index contributed by atoms with van der Waals surface area (Å²) in [4.78, 5) is 0. The lowest BCUT2D eigenvalue weighted by Gasteiger charge is -2.40. The number of rotatable bonds is 9. The topological polar surface area (TPSA) is 29.5 Å². The minimum atomic E-state index is -0.614. The fourth-order valence-electron chi connectivity index (χ4n) is 4.78. The summed E-state index contributed by atoms with van der Waals surface area (Å²) in [6, 6.07) is 0. The van der Waals surface area contributed by atoms with Gasteiger partial charge in [-0.05, 0) is 62.5 Å². The Kier molecular flexibility index (Phi) is 10.8. The van der Waals surface area contributed by atoms with Gasteiger partial charge in [0.2, 0.25) is 0 Å². The van der Waals surface area contributed by atoms with Crippen molar-refractivity contribution in [2.24, 2.45) is 17.8 Å². The second-order valence-electron chi connectivity index (χ2n) is 9.64. The SMILES string of the molecule is CC(C)C(O)C(OC1=CC(Cl)C(CCC2=CCCC=C2)C=C1)C(I)C1C(Cl)CCC[C@@H]1Cl. The zero-order valence-electron chi connectivity index (χ0n) is 19.0. The van der Waals surface area contributed by atoms with Gasteiger partial charge < -0.3 is 9.84 Å². The molecule has 8 atom stereocenters. The largest absolute Gasteiger partial charge is 0.487 e. The summed E-state index contributed by atoms with van der Waals surface area (Å²) >= 11 is 22.5. The van der Waals surface area contributed by atoms with Gasteiger partial charge in [-0.3, -0.25) is 0 Å². The molecular weight excluding hydrogens is 578 g/mol. The Bertz CT molecular complexity index is 723. The molecule has 0 heterocycles. The van der Waals surface area contributed by atoms with Crippen molar-refractivity contribution in [3.05, 3.63) is 47.8 Å². The van der Waals surface area contributed by atoms with Crippen LogP contribution in [0.4, 0.5) is 0 Å². The summed E-state index contributed by atoms with van der Waals surface area (Å²) in [6.45, 7) is 4.03. The van der Waals surface area contributed by atoms with Gasteiger partial charge in [0, 0.05) is 16.7 Å². The van der Waals surface area contributed by atoms with Crippen molar-refractivity contribution in [3.63, 3.8) is 0 Å². The average Bonchev–Trinajstić information content (AvgIpc) is 2.76. The van der Waals surface area contributed by atoms with E-state index in [0.717, 1.165) is 50.7 Å². The highest BCUT2D eigenvalue weighted by Crippen LogP contribution is 2.41. The maximum atomic E-state index is 11.0. The highest BCUT2D eigenvalue weighted by atomic mass is 127. The summed E-state index contributed by atoms with van der Waals surface area (Å²) in [7, 11) is 0. The maximum Gasteiger partial charge on any atom is 0.137 e. The van der Waals surface area contributed by atoms with Crippen molar-refractivity contribution in [2.45, 2.75) is 91.1 Å². The van der Waals surface area contributed by atoms with Gasteiger partial charge in [0.15, 0.2) is 0 Å². The molecule has 0 bridgehead atoms. The molecule has 3 aliphatic carbocycles. The summed E-state index contributed by atoms with van der Waals surface area (Å²) in [5.74, 6) is 1.17. The lowest BCUT2D eigenvalue weighted by molar-refractivity contribution is -0.0308. The molecule has 1 N–H and O–H groups in total. The first-order valence-corrected chi connectivity index (χ1v) is 14.5. The summed E-state index contributed by atoms with van der Waals surface area (Å²) < 4.78 is 6.43. The van der Waals surface area contributed by atoms with Crippen molar-refractivity contribution in [2.75, 3.05) is 0 Å². The molecule has 180 valence electrons. The Morgan fingerprint density at radius 3 is 2.44 bits per heavy atom. The number of aliphatic hydroxyl groups excluding tert-OH is 1. The molecular formula is C26H36Cl3IO2. The Balaban J connectivity index is 1.66. The van der Waals surface area contributed by atoms with Crippen LogP contribution in [0.25, 0.3) is 0 Å². The second kappa shape index (κ2) is 12.9. The molecule has 3 aliphatic rings. The predicted molar refractivity (Wildman–Crippen MR) is 146 cm³/mol. The lowest BCUT2D eigenvalue weighted by Crippen LogP contribution is -2.48. The molecule has 0 aromatic rings. The van der Waals surface area contributed by atoms with E-state index in [1.165, 1.54) is 5.57 Å². The summed E-state index contributed by atoms with van der Waals surface area (Å²) in [5, 5.41) is 10.9. The molecule has 0 aliphatic heterocycles. The fraction of sp³-hybridized carbons (Fsp3) is 0.692. The molecule has 32 heavy (non-hydrogen) atoms. The number of ether oxygens (including phenoxy) is 1. The lowest BCUT2D eigenvalue weighted by atomic mass is 9.82. The highest BCUT2D eigenvalue weighted by molar-refractivity contribution is 14.1. The van der Waals surface area contributed by atoms with Crippen LogP contribution in [0, 0.1) is 17.8 Å². The van der Waals surface area contributed by atoms with Gasteiger partial charge in [-0.1, -0.05) is 72.7 Å². The van der Waals surface area contributed by atoms with Crippen molar-refractivity contribution < 1.29 is 9.84 Å². The van der Waals surface area contributed by atoms with Crippen LogP contribution in [0.5, 0.6) is 0 Å². The number of alkyl halides is 4. The second-order valence-corrected chi connectivity index (χ2v) is 12.7. The molecule has 0 radical (unpaired) electrons. The van der Waals surface area contributed by atoms with Crippen molar-refractivity contribution in [1.82, 2.24) is 0 Å². The van der Waals surface area contributed by atoms with Crippen LogP contribution >= 0.6 is 57.4 Å². The average molecular weight is 614 g/mol. The molecule has 0 amide bonds. The van der Waals surface area contributed by atoms with Crippen LogP contribution < -0.4 is 0 Å². The molecule has 6 heteroatoms. The van der Waals surface area contributed by atoms with Crippen LogP contribution in [-0.2, 0) is 4.74 Å². The van der Waals surface area contributed by atoms with Gasteiger partial charge in [0.25, 0.3) is 0 Å². The van der Waals surface area contributed by atoms with E-state index in [-0.39, 0.29) is 37.8 Å². The van der Waals surface area contributed by atoms with E-state index in [4.69, 9.17) is 39.5 Å². The van der Waals surface area contributed by atoms with E-state index in [0.29, 0.717) is 0 Å². The van der Waals surface area contributed by atoms with E-state index >= 15 is 0 Å². The molecule has 0 spiro atoms. The number of halogens is 4. The van der Waals surface area contributed by atoms with Crippen LogP contribution in [-0.4, -0.2) is 37.4 Å². The molecule has 2 nitrogen and oxygen atoms in total. The quantitative estimate of drug-likeness (QED) is 0.211. The van der Waals surface area contributed by atoms with Gasteiger partial charge in [-0.25, -0.2) is 0 Å². The van der Waals surface area contributed by atoms with Gasteiger partial charge in [-0.15, -0.1) is 34.8 Å². The first kappa shape index (κ1) is 26.9. The molecule has 1 saturated carbocycles. The molecule has 1 fully saturated rings. The zero-order chi connectivity index (χ0) is 23.3. The van der Waals surface area contributed by atoms with Gasteiger partial charge in [0.1, 0.15) is 11.9 Å². The number of aliphatic hydroxyl groups is 1. The highest BCUT2D eigenvalue weighted by Gasteiger charge is 2.43. The van der Waals surface area contributed by atoms with Gasteiger partial charge in [-0.2, -0.15) is 0 Å². The Morgan fingerprint density at radius 2 is 1.84 bits per heavy atom. The smallest absolute Gasteiger partial charge is 0.137 e. The van der Waals surface area contributed by atoms with Crippen molar-refractivity contribution >= 4 is 57.4 Å². The predicted octanol–water partition coefficient (Wildman–Crippen LogP) is 7.94. The first-order chi connectivity index (χ1) is 15.3. The maximum absolute atomic E-state index is 11.0. The number of hydrogen-bond donors (Lipinski definition) is 1. The van der Waals surface area contributed by atoms with Crippen LogP contribution in [0.1, 0.15) is 58.8 Å². The molecule has 0 saturated heterocycles. The van der Waals surface area contributed by atoms with E-state index in [1.807, 2.05) is 26.0 Å². The third kappa shape index (κ3) is 7.16. The van der Waals surface area contributed by atoms with Crippen molar-refractivity contribution in [1.29, 1.82) is 0 Å². The Morgan fingerprint density at radius 1 is 1.12 bits per heavy atom. The fourth-order valence-corrected chi connectivity index (χ4v) is 8.23.